The van der Waals surface area contributed by atoms with Crippen LogP contribution in [0.15, 0.2) is 12.4 Å². The molecule has 0 aliphatic carbocycles. The zero-order valence-electron chi connectivity index (χ0n) is 12.5. The number of hydrogen-bond acceptors (Lipinski definition) is 6. The first-order chi connectivity index (χ1) is 10.6. The molecule has 1 saturated heterocycles. The van der Waals surface area contributed by atoms with E-state index in [1.165, 1.54) is 0 Å². The average Bonchev–Trinajstić information content (AvgIpc) is 2.83. The highest BCUT2D eigenvalue weighted by atomic mass is 19.1. The van der Waals surface area contributed by atoms with Crippen LogP contribution in [0.4, 0.5) is 10.3 Å². The maximum Gasteiger partial charge on any atom is 0.223 e. The fourth-order valence-electron chi connectivity index (χ4n) is 2.41. The molecule has 2 aromatic rings. The molecule has 2 N–H and O–H groups in total. The van der Waals surface area contributed by atoms with Crippen LogP contribution in [0.1, 0.15) is 12.1 Å². The van der Waals surface area contributed by atoms with Crippen LogP contribution in [0.3, 0.4) is 0 Å². The Bertz CT molecular complexity index is 675. The van der Waals surface area contributed by atoms with Crippen molar-refractivity contribution in [3.8, 4) is 11.3 Å². The Hall–Kier alpha value is -2.06. The van der Waals surface area contributed by atoms with Gasteiger partial charge in [0.05, 0.1) is 31.1 Å². The molecule has 118 valence electrons. The maximum atomic E-state index is 14.0. The van der Waals surface area contributed by atoms with E-state index in [4.69, 9.17) is 4.74 Å². The summed E-state index contributed by atoms with van der Waals surface area (Å²) in [6, 6.07) is -0.206. The maximum absolute atomic E-state index is 14.0. The van der Waals surface area contributed by atoms with E-state index in [1.54, 1.807) is 17.9 Å². The molecule has 1 aliphatic rings. The lowest BCUT2D eigenvalue weighted by Gasteiger charge is -2.28. The number of aryl methyl sites for hydroxylation is 1. The molecule has 22 heavy (non-hydrogen) atoms. The largest absolute Gasteiger partial charge is 0.389 e. The number of ether oxygens (including phenoxy) is 1. The number of aliphatic hydroxyl groups is 1. The molecular formula is C14H18FN5O2. The van der Waals surface area contributed by atoms with Gasteiger partial charge in [-0.2, -0.15) is 5.10 Å². The molecule has 1 fully saturated rings. The van der Waals surface area contributed by atoms with Gasteiger partial charge in [-0.1, -0.05) is 0 Å². The third kappa shape index (κ3) is 2.79. The molecule has 3 heterocycles. The van der Waals surface area contributed by atoms with Crippen LogP contribution in [0.25, 0.3) is 11.3 Å². The van der Waals surface area contributed by atoms with E-state index in [9.17, 15) is 9.50 Å². The molecule has 8 heteroatoms. The van der Waals surface area contributed by atoms with Crippen LogP contribution in [-0.2, 0) is 11.8 Å². The first-order valence-electron chi connectivity index (χ1n) is 7.10. The molecule has 0 radical (unpaired) electrons. The topological polar surface area (TPSA) is 85.1 Å². The molecule has 0 spiro atoms. The van der Waals surface area contributed by atoms with Crippen LogP contribution in [-0.4, -0.2) is 50.2 Å². The lowest BCUT2D eigenvalue weighted by molar-refractivity contribution is -0.0136. The van der Waals surface area contributed by atoms with Gasteiger partial charge in [-0.25, -0.2) is 14.4 Å². The smallest absolute Gasteiger partial charge is 0.223 e. The molecule has 0 amide bonds. The van der Waals surface area contributed by atoms with Gasteiger partial charge in [-0.15, -0.1) is 0 Å². The second-order valence-electron chi connectivity index (χ2n) is 5.34. The van der Waals surface area contributed by atoms with Gasteiger partial charge < -0.3 is 15.2 Å². The highest BCUT2D eigenvalue weighted by molar-refractivity contribution is 5.62. The number of nitrogens with one attached hydrogen (secondary N) is 1. The number of aliphatic hydroxyl groups excluding tert-OH is 1. The molecule has 2 atom stereocenters. The van der Waals surface area contributed by atoms with E-state index >= 15 is 0 Å². The van der Waals surface area contributed by atoms with Crippen LogP contribution >= 0.6 is 0 Å². The summed E-state index contributed by atoms with van der Waals surface area (Å²) >= 11 is 0. The van der Waals surface area contributed by atoms with Crippen molar-refractivity contribution in [1.29, 1.82) is 0 Å². The van der Waals surface area contributed by atoms with Crippen molar-refractivity contribution in [3.63, 3.8) is 0 Å². The first kappa shape index (κ1) is 14.9. The summed E-state index contributed by atoms with van der Waals surface area (Å²) in [6.45, 7) is 2.68. The molecule has 2 aromatic heterocycles. The summed E-state index contributed by atoms with van der Waals surface area (Å²) in [6.07, 6.45) is 2.71. The zero-order chi connectivity index (χ0) is 15.7. The van der Waals surface area contributed by atoms with Crippen LogP contribution < -0.4 is 5.32 Å². The van der Waals surface area contributed by atoms with E-state index in [-0.39, 0.29) is 24.3 Å². The summed E-state index contributed by atoms with van der Waals surface area (Å²) in [5.74, 6) is -0.222. The monoisotopic (exact) mass is 307 g/mol. The number of nitrogens with zero attached hydrogens (tertiary/aromatic N) is 4. The standard InChI is InChI=1S/C14H18FN5O2/c1-8-9(5-17-20(8)2)13-10(15)6-16-14(19-13)18-11-3-4-22-7-12(11)21/h5-6,11-12,21H,3-4,7H2,1-2H3,(H,16,18,19)/t11-,12-/m1/s1. The average molecular weight is 307 g/mol. The van der Waals surface area contributed by atoms with Gasteiger partial charge in [0, 0.05) is 24.9 Å². The van der Waals surface area contributed by atoms with E-state index < -0.39 is 11.9 Å². The third-order valence-electron chi connectivity index (χ3n) is 3.88. The summed E-state index contributed by atoms with van der Waals surface area (Å²) in [7, 11) is 1.79. The van der Waals surface area contributed by atoms with Gasteiger partial charge in [0.25, 0.3) is 0 Å². The summed E-state index contributed by atoms with van der Waals surface area (Å²) < 4.78 is 20.9. The second-order valence-corrected chi connectivity index (χ2v) is 5.34. The van der Waals surface area contributed by atoms with Crippen molar-refractivity contribution in [2.45, 2.75) is 25.5 Å². The molecule has 0 bridgehead atoms. The fourth-order valence-corrected chi connectivity index (χ4v) is 2.41. The Morgan fingerprint density at radius 3 is 2.95 bits per heavy atom. The quantitative estimate of drug-likeness (QED) is 0.876. The molecule has 0 saturated carbocycles. The predicted octanol–water partition coefficient (Wildman–Crippen LogP) is 0.886. The fraction of sp³-hybridized carbons (Fsp3) is 0.500. The number of anilines is 1. The van der Waals surface area contributed by atoms with Crippen molar-refractivity contribution >= 4 is 5.95 Å². The highest BCUT2D eigenvalue weighted by Gasteiger charge is 2.25. The number of aromatic nitrogens is 4. The van der Waals surface area contributed by atoms with E-state index in [1.807, 2.05) is 6.92 Å². The minimum Gasteiger partial charge on any atom is -0.389 e. The Morgan fingerprint density at radius 1 is 1.45 bits per heavy atom. The number of hydrogen-bond donors (Lipinski definition) is 2. The summed E-state index contributed by atoms with van der Waals surface area (Å²) in [4.78, 5) is 8.20. The van der Waals surface area contributed by atoms with Crippen LogP contribution in [0.2, 0.25) is 0 Å². The first-order valence-corrected chi connectivity index (χ1v) is 7.10. The lowest BCUT2D eigenvalue weighted by atomic mass is 10.1. The minimum atomic E-state index is -0.633. The van der Waals surface area contributed by atoms with Gasteiger partial charge in [0.2, 0.25) is 5.95 Å². The van der Waals surface area contributed by atoms with E-state index in [0.717, 1.165) is 11.9 Å². The second kappa shape index (κ2) is 5.98. The van der Waals surface area contributed by atoms with Crippen molar-refractivity contribution < 1.29 is 14.2 Å². The number of halogens is 1. The molecule has 1 aliphatic heterocycles. The van der Waals surface area contributed by atoms with Gasteiger partial charge in [-0.05, 0) is 13.3 Å². The highest BCUT2D eigenvalue weighted by Crippen LogP contribution is 2.24. The van der Waals surface area contributed by atoms with Crippen LogP contribution in [0.5, 0.6) is 0 Å². The van der Waals surface area contributed by atoms with Gasteiger partial charge in [-0.3, -0.25) is 4.68 Å². The molecule has 3 rings (SSSR count). The predicted molar refractivity (Wildman–Crippen MR) is 77.8 cm³/mol. The third-order valence-corrected chi connectivity index (χ3v) is 3.88. The zero-order valence-corrected chi connectivity index (χ0v) is 12.5. The Morgan fingerprint density at radius 2 is 2.27 bits per heavy atom. The minimum absolute atomic E-state index is 0.199. The normalized spacial score (nSPS) is 21.8. The summed E-state index contributed by atoms with van der Waals surface area (Å²) in [5.41, 5.74) is 1.64. The van der Waals surface area contributed by atoms with Crippen molar-refractivity contribution in [1.82, 2.24) is 19.7 Å². The van der Waals surface area contributed by atoms with E-state index in [2.05, 4.69) is 20.4 Å². The van der Waals surface area contributed by atoms with Crippen molar-refractivity contribution in [3.05, 3.63) is 23.9 Å². The van der Waals surface area contributed by atoms with Gasteiger partial charge in [0.15, 0.2) is 5.82 Å². The van der Waals surface area contributed by atoms with Gasteiger partial charge in [0.1, 0.15) is 5.69 Å². The molecule has 0 aromatic carbocycles. The molecule has 0 unspecified atom stereocenters. The lowest BCUT2D eigenvalue weighted by Crippen LogP contribution is -2.42. The Balaban J connectivity index is 1.88. The van der Waals surface area contributed by atoms with Crippen molar-refractivity contribution in [2.24, 2.45) is 7.05 Å². The van der Waals surface area contributed by atoms with E-state index in [0.29, 0.717) is 18.6 Å². The van der Waals surface area contributed by atoms with Crippen molar-refractivity contribution in [2.75, 3.05) is 18.5 Å². The SMILES string of the molecule is Cc1c(-c2nc(N[C@@H]3CCOC[C@H]3O)ncc2F)cnn1C. The number of rotatable bonds is 3. The van der Waals surface area contributed by atoms with Crippen LogP contribution in [0, 0.1) is 12.7 Å². The van der Waals surface area contributed by atoms with Gasteiger partial charge >= 0.3 is 0 Å². The Labute approximate surface area is 127 Å². The summed E-state index contributed by atoms with van der Waals surface area (Å²) in [5, 5.41) is 17.0. The molecular weight excluding hydrogens is 289 g/mol. The Kier molecular flexibility index (Phi) is 4.04. The molecule has 7 nitrogen and oxygen atoms in total.